The molecule has 236 valence electrons. The highest BCUT2D eigenvalue weighted by Gasteiger charge is 2.22. The second kappa shape index (κ2) is 13.4. The summed E-state index contributed by atoms with van der Waals surface area (Å²) < 4.78 is 43.4. The smallest absolute Gasteiger partial charge is 0.307 e. The second-order valence-electron chi connectivity index (χ2n) is 10.7. The highest BCUT2D eigenvalue weighted by Crippen LogP contribution is 2.29. The Morgan fingerprint density at radius 1 is 0.978 bits per heavy atom. The fraction of sp³-hybridized carbons (Fsp3) is 0.290. The van der Waals surface area contributed by atoms with Gasteiger partial charge in [-0.05, 0) is 67.3 Å². The summed E-state index contributed by atoms with van der Waals surface area (Å²) in [5, 5.41) is 19.5. The molecule has 3 N–H and O–H groups in total. The number of carboxylic acid groups (broad SMARTS) is 1. The summed E-state index contributed by atoms with van der Waals surface area (Å²) in [5.74, 6) is -3.10. The third-order valence-electron chi connectivity index (χ3n) is 7.26. The minimum absolute atomic E-state index is 0.0585. The van der Waals surface area contributed by atoms with E-state index in [0.717, 1.165) is 56.4 Å². The molecule has 1 fully saturated rings. The minimum Gasteiger partial charge on any atom is -0.481 e. The molecule has 0 bridgehead atoms. The van der Waals surface area contributed by atoms with Gasteiger partial charge >= 0.3 is 5.97 Å². The highest BCUT2D eigenvalue weighted by atomic mass is 32.2. The summed E-state index contributed by atoms with van der Waals surface area (Å²) in [6.45, 7) is 1.52. The zero-order valence-corrected chi connectivity index (χ0v) is 25.3. The van der Waals surface area contributed by atoms with Crippen molar-refractivity contribution in [2.24, 2.45) is 0 Å². The van der Waals surface area contributed by atoms with Gasteiger partial charge in [0.05, 0.1) is 42.6 Å². The van der Waals surface area contributed by atoms with Crippen LogP contribution >= 0.6 is 0 Å². The van der Waals surface area contributed by atoms with E-state index in [9.17, 15) is 27.2 Å². The first-order valence-corrected chi connectivity index (χ1v) is 16.1. The van der Waals surface area contributed by atoms with Gasteiger partial charge in [-0.3, -0.25) is 23.2 Å². The van der Waals surface area contributed by atoms with Gasteiger partial charge in [-0.15, -0.1) is 0 Å². The number of nitrogens with one attached hydrogen (secondary N) is 2. The molecule has 1 saturated heterocycles. The van der Waals surface area contributed by atoms with E-state index in [1.807, 2.05) is 0 Å². The number of hydrogen-bond acceptors (Lipinski definition) is 8. The number of benzene rings is 3. The van der Waals surface area contributed by atoms with Crippen molar-refractivity contribution in [2.75, 3.05) is 41.5 Å². The van der Waals surface area contributed by atoms with Crippen molar-refractivity contribution in [3.8, 4) is 0 Å². The predicted octanol–water partition coefficient (Wildman–Crippen LogP) is 4.27. The lowest BCUT2D eigenvalue weighted by atomic mass is 10.1. The molecule has 5 rings (SSSR count). The molecule has 0 saturated carbocycles. The highest BCUT2D eigenvalue weighted by molar-refractivity contribution is 7.85. The number of fused-ring (bicyclic) bond motifs is 1. The maximum Gasteiger partial charge on any atom is 0.307 e. The molecule has 12 nitrogen and oxygen atoms in total. The Bertz CT molecular complexity index is 1870. The van der Waals surface area contributed by atoms with Crippen LogP contribution in [0.3, 0.4) is 0 Å². The monoisotopic (exact) mass is 637 g/mol. The van der Waals surface area contributed by atoms with E-state index in [2.05, 4.69) is 20.6 Å². The van der Waals surface area contributed by atoms with Crippen molar-refractivity contribution in [1.29, 1.82) is 0 Å². The number of para-hydroxylation sites is 1. The summed E-state index contributed by atoms with van der Waals surface area (Å²) in [6, 6.07) is 15.6. The maximum absolute atomic E-state index is 14.2. The van der Waals surface area contributed by atoms with E-state index in [0.29, 0.717) is 10.9 Å². The van der Waals surface area contributed by atoms with E-state index in [1.165, 1.54) is 10.7 Å². The SMILES string of the molecule is CS(=O)(=O)OCCn1nc(C(=O)Nc2cc(N3CCCCC3)ccc2C(=O)Nc2cc(F)cc(CC(=O)O)c2)c2ccccc21. The quantitative estimate of drug-likeness (QED) is 0.204. The van der Waals surface area contributed by atoms with Crippen LogP contribution in [0, 0.1) is 5.82 Å². The number of piperidine rings is 1. The normalized spacial score (nSPS) is 13.5. The molecular formula is C31H32FN5O7S. The van der Waals surface area contributed by atoms with Gasteiger partial charge in [0.15, 0.2) is 5.69 Å². The number of aliphatic carboxylic acids is 1. The summed E-state index contributed by atoms with van der Waals surface area (Å²) in [4.78, 5) is 40.5. The first kappa shape index (κ1) is 31.6. The Kier molecular flexibility index (Phi) is 9.44. The van der Waals surface area contributed by atoms with Crippen molar-refractivity contribution in [3.63, 3.8) is 0 Å². The maximum atomic E-state index is 14.2. The Hall–Kier alpha value is -4.82. The van der Waals surface area contributed by atoms with Crippen LogP contribution in [0.4, 0.5) is 21.5 Å². The molecule has 0 unspecified atom stereocenters. The average Bonchev–Trinajstić information content (AvgIpc) is 3.35. The summed E-state index contributed by atoms with van der Waals surface area (Å²) in [6.07, 6.45) is 3.65. The van der Waals surface area contributed by atoms with Gasteiger partial charge in [0.1, 0.15) is 5.82 Å². The van der Waals surface area contributed by atoms with E-state index in [-0.39, 0.29) is 41.3 Å². The van der Waals surface area contributed by atoms with Crippen molar-refractivity contribution >= 4 is 55.9 Å². The van der Waals surface area contributed by atoms with Gasteiger partial charge in [-0.1, -0.05) is 18.2 Å². The molecule has 4 aromatic rings. The van der Waals surface area contributed by atoms with Crippen LogP contribution < -0.4 is 15.5 Å². The molecule has 14 heteroatoms. The van der Waals surface area contributed by atoms with Crippen LogP contribution in [0.1, 0.15) is 45.7 Å². The van der Waals surface area contributed by atoms with E-state index in [1.54, 1.807) is 42.5 Å². The number of nitrogens with zero attached hydrogens (tertiary/aromatic N) is 3. The lowest BCUT2D eigenvalue weighted by molar-refractivity contribution is -0.136. The predicted molar refractivity (Wildman–Crippen MR) is 167 cm³/mol. The molecule has 1 aliphatic rings. The largest absolute Gasteiger partial charge is 0.481 e. The number of carbonyl (C=O) groups excluding carboxylic acids is 2. The molecule has 0 atom stereocenters. The topological polar surface area (TPSA) is 160 Å². The van der Waals surface area contributed by atoms with Gasteiger partial charge in [-0.2, -0.15) is 13.5 Å². The molecule has 0 aliphatic carbocycles. The Balaban J connectivity index is 1.46. The summed E-state index contributed by atoms with van der Waals surface area (Å²) in [5.41, 5.74) is 1.99. The van der Waals surface area contributed by atoms with Crippen LogP contribution in [0.25, 0.3) is 10.9 Å². The Labute approximate surface area is 258 Å². The van der Waals surface area contributed by atoms with E-state index < -0.39 is 40.1 Å². The van der Waals surface area contributed by atoms with Crippen molar-refractivity contribution in [2.45, 2.75) is 32.2 Å². The van der Waals surface area contributed by atoms with Crippen LogP contribution in [0.2, 0.25) is 0 Å². The van der Waals surface area contributed by atoms with Crippen LogP contribution in [0.5, 0.6) is 0 Å². The summed E-state index contributed by atoms with van der Waals surface area (Å²) >= 11 is 0. The third kappa shape index (κ3) is 8.02. The van der Waals surface area contributed by atoms with Gasteiger partial charge in [-0.25, -0.2) is 4.39 Å². The zero-order chi connectivity index (χ0) is 32.1. The number of halogens is 1. The molecule has 1 aromatic heterocycles. The Morgan fingerprint density at radius 3 is 2.47 bits per heavy atom. The van der Waals surface area contributed by atoms with Gasteiger partial charge in [0.2, 0.25) is 0 Å². The molecule has 45 heavy (non-hydrogen) atoms. The molecule has 2 heterocycles. The van der Waals surface area contributed by atoms with Gasteiger partial charge < -0.3 is 20.6 Å². The lowest BCUT2D eigenvalue weighted by Crippen LogP contribution is -2.29. The van der Waals surface area contributed by atoms with E-state index >= 15 is 0 Å². The second-order valence-corrected chi connectivity index (χ2v) is 12.4. The van der Waals surface area contributed by atoms with Crippen molar-refractivity contribution in [1.82, 2.24) is 9.78 Å². The number of carboxylic acids is 1. The molecular weight excluding hydrogens is 605 g/mol. The standard InChI is InChI=1S/C31H32FN5O7S/c1-45(42,43)44-14-13-37-27-8-4-3-7-25(27)29(35-37)31(41)34-26-19-23(36-11-5-2-6-12-36)9-10-24(26)30(40)33-22-16-20(17-28(38)39)15-21(32)18-22/h3-4,7-10,15-16,18-19H,2,5-6,11-14,17H2,1H3,(H,33,40)(H,34,41)(H,38,39). The fourth-order valence-corrected chi connectivity index (χ4v) is 5.68. The van der Waals surface area contributed by atoms with Crippen LogP contribution in [-0.4, -0.2) is 67.0 Å². The summed E-state index contributed by atoms with van der Waals surface area (Å²) in [7, 11) is -3.67. The zero-order valence-electron chi connectivity index (χ0n) is 24.5. The average molecular weight is 638 g/mol. The Morgan fingerprint density at radius 2 is 1.73 bits per heavy atom. The van der Waals surface area contributed by atoms with Crippen molar-refractivity contribution < 1.29 is 36.5 Å². The molecule has 0 radical (unpaired) electrons. The molecule has 2 amide bonds. The van der Waals surface area contributed by atoms with Gasteiger partial charge in [0.25, 0.3) is 21.9 Å². The number of amides is 2. The number of carbonyl (C=O) groups is 3. The number of anilines is 3. The van der Waals surface area contributed by atoms with E-state index in [4.69, 9.17) is 9.29 Å². The first-order valence-electron chi connectivity index (χ1n) is 14.3. The molecule has 1 aliphatic heterocycles. The number of rotatable bonds is 11. The molecule has 3 aromatic carbocycles. The van der Waals surface area contributed by atoms with Gasteiger partial charge in [0, 0.05) is 29.9 Å². The number of hydrogen-bond donors (Lipinski definition) is 3. The first-order chi connectivity index (χ1) is 21.5. The minimum atomic E-state index is -3.67. The van der Waals surface area contributed by atoms with Crippen LogP contribution in [-0.2, 0) is 32.1 Å². The lowest BCUT2D eigenvalue weighted by Gasteiger charge is -2.29. The van der Waals surface area contributed by atoms with Crippen LogP contribution in [0.15, 0.2) is 60.7 Å². The molecule has 0 spiro atoms. The van der Waals surface area contributed by atoms with Crippen molar-refractivity contribution in [3.05, 3.63) is 83.3 Å². The fourth-order valence-electron chi connectivity index (χ4n) is 5.30. The number of aromatic nitrogens is 2. The third-order valence-corrected chi connectivity index (χ3v) is 7.86.